The number of nitrogens with zero attached hydrogens (tertiary/aromatic N) is 2. The molecule has 21 heavy (non-hydrogen) atoms. The number of likely N-dealkylation sites (tertiary alicyclic amines) is 1. The molecular formula is C16H33IN4. The summed E-state index contributed by atoms with van der Waals surface area (Å²) in [7, 11) is 1.87. The fourth-order valence-electron chi connectivity index (χ4n) is 3.25. The molecule has 0 amide bonds. The summed E-state index contributed by atoms with van der Waals surface area (Å²) in [5.41, 5.74) is 0. The molecule has 2 rings (SSSR count). The minimum atomic E-state index is 0. The predicted octanol–water partition coefficient (Wildman–Crippen LogP) is 2.83. The molecule has 1 saturated carbocycles. The van der Waals surface area contributed by atoms with Crippen LogP contribution in [0.15, 0.2) is 4.99 Å². The van der Waals surface area contributed by atoms with Gasteiger partial charge >= 0.3 is 0 Å². The first kappa shape index (κ1) is 19.0. The molecule has 1 aliphatic carbocycles. The lowest BCUT2D eigenvalue weighted by Crippen LogP contribution is -2.43. The zero-order chi connectivity index (χ0) is 14.2. The molecule has 1 heterocycles. The van der Waals surface area contributed by atoms with Gasteiger partial charge in [0.15, 0.2) is 5.96 Å². The van der Waals surface area contributed by atoms with Crippen molar-refractivity contribution in [2.75, 3.05) is 33.2 Å². The number of rotatable bonds is 5. The van der Waals surface area contributed by atoms with Crippen LogP contribution in [0.5, 0.6) is 0 Å². The van der Waals surface area contributed by atoms with Crippen molar-refractivity contribution in [3.8, 4) is 0 Å². The third kappa shape index (κ3) is 7.17. The Kier molecular flexibility index (Phi) is 9.64. The maximum atomic E-state index is 4.33. The molecule has 124 valence electrons. The Balaban J connectivity index is 0.00000220. The first-order valence-corrected chi connectivity index (χ1v) is 8.47. The van der Waals surface area contributed by atoms with Crippen molar-refractivity contribution in [3.05, 3.63) is 0 Å². The van der Waals surface area contributed by atoms with Crippen molar-refractivity contribution in [2.45, 2.75) is 57.9 Å². The standard InChI is InChI=1S/C16H32N4.HI/c1-14-8-12-20(13-9-14)11-5-10-18-16(17-2)19-15-6-3-4-7-15;/h14-15H,3-13H2,1-2H3,(H2,17,18,19);1H. The third-order valence-electron chi connectivity index (χ3n) is 4.74. The quantitative estimate of drug-likeness (QED) is 0.318. The first-order chi connectivity index (χ1) is 9.78. The fourth-order valence-corrected chi connectivity index (χ4v) is 3.25. The lowest BCUT2D eigenvalue weighted by molar-refractivity contribution is 0.191. The highest BCUT2D eigenvalue weighted by Gasteiger charge is 2.16. The van der Waals surface area contributed by atoms with Crippen LogP contribution in [0.4, 0.5) is 0 Å². The van der Waals surface area contributed by atoms with Gasteiger partial charge in [0, 0.05) is 19.6 Å². The van der Waals surface area contributed by atoms with Crippen LogP contribution >= 0.6 is 24.0 Å². The maximum absolute atomic E-state index is 4.33. The van der Waals surface area contributed by atoms with E-state index >= 15 is 0 Å². The van der Waals surface area contributed by atoms with E-state index in [-0.39, 0.29) is 24.0 Å². The summed E-state index contributed by atoms with van der Waals surface area (Å²) in [5.74, 6) is 1.92. The molecule has 1 aliphatic heterocycles. The molecule has 0 radical (unpaired) electrons. The molecule has 0 aromatic rings. The molecule has 0 spiro atoms. The van der Waals surface area contributed by atoms with E-state index in [1.807, 2.05) is 7.05 Å². The van der Waals surface area contributed by atoms with Gasteiger partial charge in [0.1, 0.15) is 0 Å². The van der Waals surface area contributed by atoms with Crippen LogP contribution in [0.1, 0.15) is 51.9 Å². The Morgan fingerprint density at radius 1 is 1.14 bits per heavy atom. The molecule has 5 heteroatoms. The number of hydrogen-bond donors (Lipinski definition) is 2. The van der Waals surface area contributed by atoms with Gasteiger partial charge in [0.05, 0.1) is 0 Å². The average molecular weight is 408 g/mol. The number of aliphatic imine (C=N–C) groups is 1. The van der Waals surface area contributed by atoms with E-state index in [0.29, 0.717) is 6.04 Å². The van der Waals surface area contributed by atoms with Gasteiger partial charge < -0.3 is 15.5 Å². The SMILES string of the molecule is CN=C(NCCCN1CCC(C)CC1)NC1CCCC1.I. The Hall–Kier alpha value is -0.0400. The molecule has 1 saturated heterocycles. The highest BCUT2D eigenvalue weighted by molar-refractivity contribution is 14.0. The Bertz CT molecular complexity index is 295. The molecule has 4 nitrogen and oxygen atoms in total. The third-order valence-corrected chi connectivity index (χ3v) is 4.74. The molecule has 0 bridgehead atoms. The Labute approximate surface area is 147 Å². The summed E-state index contributed by atoms with van der Waals surface area (Å²) in [4.78, 5) is 6.93. The number of hydrogen-bond acceptors (Lipinski definition) is 2. The van der Waals surface area contributed by atoms with Gasteiger partial charge in [0.25, 0.3) is 0 Å². The lowest BCUT2D eigenvalue weighted by atomic mass is 9.99. The normalized spacial score (nSPS) is 22.1. The molecule has 0 atom stereocenters. The van der Waals surface area contributed by atoms with Crippen LogP contribution in [0.3, 0.4) is 0 Å². The van der Waals surface area contributed by atoms with Gasteiger partial charge in [-0.2, -0.15) is 0 Å². The first-order valence-electron chi connectivity index (χ1n) is 8.47. The van der Waals surface area contributed by atoms with Gasteiger partial charge in [-0.3, -0.25) is 4.99 Å². The van der Waals surface area contributed by atoms with Crippen molar-refractivity contribution in [2.24, 2.45) is 10.9 Å². The second-order valence-electron chi connectivity index (χ2n) is 6.50. The zero-order valence-electron chi connectivity index (χ0n) is 13.7. The summed E-state index contributed by atoms with van der Waals surface area (Å²) in [6.07, 6.45) is 9.28. The topological polar surface area (TPSA) is 39.7 Å². The molecule has 2 N–H and O–H groups in total. The number of halogens is 1. The van der Waals surface area contributed by atoms with Crippen molar-refractivity contribution in [3.63, 3.8) is 0 Å². The predicted molar refractivity (Wildman–Crippen MR) is 102 cm³/mol. The van der Waals surface area contributed by atoms with Crippen LogP contribution in [-0.4, -0.2) is 50.1 Å². The number of piperidine rings is 1. The van der Waals surface area contributed by atoms with Crippen molar-refractivity contribution in [1.29, 1.82) is 0 Å². The van der Waals surface area contributed by atoms with Crippen LogP contribution in [-0.2, 0) is 0 Å². The molecular weight excluding hydrogens is 375 g/mol. The van der Waals surface area contributed by atoms with E-state index in [4.69, 9.17) is 0 Å². The van der Waals surface area contributed by atoms with Gasteiger partial charge in [-0.15, -0.1) is 24.0 Å². The van der Waals surface area contributed by atoms with E-state index in [1.54, 1.807) is 0 Å². The van der Waals surface area contributed by atoms with E-state index in [1.165, 1.54) is 64.6 Å². The summed E-state index contributed by atoms with van der Waals surface area (Å²) in [6.45, 7) is 7.20. The monoisotopic (exact) mass is 408 g/mol. The summed E-state index contributed by atoms with van der Waals surface area (Å²) >= 11 is 0. The van der Waals surface area contributed by atoms with Crippen LogP contribution in [0.25, 0.3) is 0 Å². The molecule has 2 aliphatic rings. The minimum absolute atomic E-state index is 0. The Morgan fingerprint density at radius 3 is 2.43 bits per heavy atom. The summed E-state index contributed by atoms with van der Waals surface area (Å²) in [5, 5.41) is 6.99. The van der Waals surface area contributed by atoms with Crippen molar-refractivity contribution >= 4 is 29.9 Å². The van der Waals surface area contributed by atoms with Gasteiger partial charge in [-0.1, -0.05) is 19.8 Å². The van der Waals surface area contributed by atoms with Gasteiger partial charge in [-0.05, 0) is 57.7 Å². The van der Waals surface area contributed by atoms with Gasteiger partial charge in [0.2, 0.25) is 0 Å². The van der Waals surface area contributed by atoms with E-state index in [2.05, 4.69) is 27.4 Å². The van der Waals surface area contributed by atoms with Crippen molar-refractivity contribution in [1.82, 2.24) is 15.5 Å². The second kappa shape index (κ2) is 10.6. The highest BCUT2D eigenvalue weighted by Crippen LogP contribution is 2.17. The van der Waals surface area contributed by atoms with E-state index in [0.717, 1.165) is 18.4 Å². The highest BCUT2D eigenvalue weighted by atomic mass is 127. The van der Waals surface area contributed by atoms with Crippen LogP contribution in [0, 0.1) is 5.92 Å². The van der Waals surface area contributed by atoms with Gasteiger partial charge in [-0.25, -0.2) is 0 Å². The van der Waals surface area contributed by atoms with E-state index in [9.17, 15) is 0 Å². The molecule has 0 unspecified atom stereocenters. The lowest BCUT2D eigenvalue weighted by Gasteiger charge is -2.30. The molecule has 2 fully saturated rings. The summed E-state index contributed by atoms with van der Waals surface area (Å²) in [6, 6.07) is 0.643. The molecule has 0 aromatic heterocycles. The van der Waals surface area contributed by atoms with Crippen LogP contribution < -0.4 is 10.6 Å². The average Bonchev–Trinajstić information content (AvgIpc) is 2.97. The fraction of sp³-hybridized carbons (Fsp3) is 0.938. The molecule has 0 aromatic carbocycles. The largest absolute Gasteiger partial charge is 0.356 e. The van der Waals surface area contributed by atoms with Crippen molar-refractivity contribution < 1.29 is 0 Å². The second-order valence-corrected chi connectivity index (χ2v) is 6.50. The number of guanidine groups is 1. The maximum Gasteiger partial charge on any atom is 0.191 e. The summed E-state index contributed by atoms with van der Waals surface area (Å²) < 4.78 is 0. The van der Waals surface area contributed by atoms with Crippen LogP contribution in [0.2, 0.25) is 0 Å². The Morgan fingerprint density at radius 2 is 1.81 bits per heavy atom. The number of nitrogens with one attached hydrogen (secondary N) is 2. The van der Waals surface area contributed by atoms with E-state index < -0.39 is 0 Å². The minimum Gasteiger partial charge on any atom is -0.356 e. The zero-order valence-corrected chi connectivity index (χ0v) is 16.1. The smallest absolute Gasteiger partial charge is 0.191 e.